The van der Waals surface area contributed by atoms with E-state index in [1.54, 1.807) is 7.11 Å². The van der Waals surface area contributed by atoms with E-state index >= 15 is 0 Å². The highest BCUT2D eigenvalue weighted by atomic mass is 35.5. The summed E-state index contributed by atoms with van der Waals surface area (Å²) in [5.74, 6) is 1.42. The highest BCUT2D eigenvalue weighted by Crippen LogP contribution is 2.31. The lowest BCUT2D eigenvalue weighted by atomic mass is 9.93. The molecule has 0 aliphatic rings. The summed E-state index contributed by atoms with van der Waals surface area (Å²) in [7, 11) is 1.65. The van der Waals surface area contributed by atoms with Crippen LogP contribution in [0.3, 0.4) is 0 Å². The zero-order valence-electron chi connectivity index (χ0n) is 10.9. The van der Waals surface area contributed by atoms with Gasteiger partial charge in [-0.2, -0.15) is 0 Å². The number of benzene rings is 1. The molecule has 0 amide bonds. The van der Waals surface area contributed by atoms with Gasteiger partial charge in [0.2, 0.25) is 0 Å². The van der Waals surface area contributed by atoms with Gasteiger partial charge >= 0.3 is 0 Å². The standard InChI is InChI=1S/C14H22ClNO/c1-4-5-10(2)8-13(16)12-7-6-11(15)9-14(12)17-3/h6-7,9-10,13H,4-5,8,16H2,1-3H3. The summed E-state index contributed by atoms with van der Waals surface area (Å²) in [6.45, 7) is 4.44. The predicted molar refractivity (Wildman–Crippen MR) is 73.6 cm³/mol. The lowest BCUT2D eigenvalue weighted by Gasteiger charge is -2.19. The van der Waals surface area contributed by atoms with Gasteiger partial charge in [0.1, 0.15) is 5.75 Å². The molecular weight excluding hydrogens is 234 g/mol. The molecule has 0 saturated carbocycles. The molecule has 96 valence electrons. The molecule has 2 atom stereocenters. The van der Waals surface area contributed by atoms with E-state index in [-0.39, 0.29) is 6.04 Å². The summed E-state index contributed by atoms with van der Waals surface area (Å²) in [6.07, 6.45) is 3.39. The minimum Gasteiger partial charge on any atom is -0.496 e. The number of hydrogen-bond acceptors (Lipinski definition) is 2. The quantitative estimate of drug-likeness (QED) is 0.828. The van der Waals surface area contributed by atoms with Gasteiger partial charge in [-0.25, -0.2) is 0 Å². The van der Waals surface area contributed by atoms with Gasteiger partial charge in [0, 0.05) is 16.6 Å². The molecule has 0 heterocycles. The zero-order valence-corrected chi connectivity index (χ0v) is 11.6. The summed E-state index contributed by atoms with van der Waals surface area (Å²) in [6, 6.07) is 5.67. The molecule has 0 aliphatic carbocycles. The first kappa shape index (κ1) is 14.3. The van der Waals surface area contributed by atoms with Crippen LogP contribution in [0.15, 0.2) is 18.2 Å². The largest absolute Gasteiger partial charge is 0.496 e. The van der Waals surface area contributed by atoms with E-state index in [1.807, 2.05) is 18.2 Å². The van der Waals surface area contributed by atoms with Gasteiger partial charge in [-0.05, 0) is 24.5 Å². The van der Waals surface area contributed by atoms with E-state index < -0.39 is 0 Å². The zero-order chi connectivity index (χ0) is 12.8. The Bertz CT molecular complexity index is 354. The second-order valence-corrected chi connectivity index (χ2v) is 5.06. The van der Waals surface area contributed by atoms with Crippen molar-refractivity contribution in [2.24, 2.45) is 11.7 Å². The summed E-state index contributed by atoms with van der Waals surface area (Å²) in [5.41, 5.74) is 7.27. The van der Waals surface area contributed by atoms with Crippen molar-refractivity contribution < 1.29 is 4.74 Å². The smallest absolute Gasteiger partial charge is 0.125 e. The average molecular weight is 256 g/mol. The molecule has 0 aromatic heterocycles. The minimum atomic E-state index is 0.0174. The number of ether oxygens (including phenoxy) is 1. The number of methoxy groups -OCH3 is 1. The molecule has 1 rings (SSSR count). The number of hydrogen-bond donors (Lipinski definition) is 1. The van der Waals surface area contributed by atoms with E-state index in [4.69, 9.17) is 22.1 Å². The van der Waals surface area contributed by atoms with Crippen molar-refractivity contribution >= 4 is 11.6 Å². The molecule has 1 aromatic rings. The first-order chi connectivity index (χ1) is 8.08. The van der Waals surface area contributed by atoms with Crippen LogP contribution in [-0.2, 0) is 0 Å². The molecule has 2 unspecified atom stereocenters. The summed E-state index contributed by atoms with van der Waals surface area (Å²) in [5, 5.41) is 0.680. The Labute approximate surface area is 109 Å². The number of nitrogens with two attached hydrogens (primary N) is 1. The van der Waals surface area contributed by atoms with Crippen molar-refractivity contribution in [1.29, 1.82) is 0 Å². The Balaban J connectivity index is 2.77. The monoisotopic (exact) mass is 255 g/mol. The molecule has 0 aliphatic heterocycles. The lowest BCUT2D eigenvalue weighted by molar-refractivity contribution is 0.392. The molecule has 0 spiro atoms. The number of rotatable bonds is 6. The van der Waals surface area contributed by atoms with Gasteiger partial charge in [-0.1, -0.05) is 44.4 Å². The average Bonchev–Trinajstić information content (AvgIpc) is 2.28. The molecule has 1 aromatic carbocycles. The van der Waals surface area contributed by atoms with Crippen LogP contribution in [0.4, 0.5) is 0 Å². The maximum atomic E-state index is 6.23. The summed E-state index contributed by atoms with van der Waals surface area (Å²) in [4.78, 5) is 0. The van der Waals surface area contributed by atoms with E-state index in [2.05, 4.69) is 13.8 Å². The molecule has 0 radical (unpaired) electrons. The van der Waals surface area contributed by atoms with Gasteiger partial charge in [-0.15, -0.1) is 0 Å². The second kappa shape index (κ2) is 6.87. The van der Waals surface area contributed by atoms with Crippen molar-refractivity contribution in [3.05, 3.63) is 28.8 Å². The van der Waals surface area contributed by atoms with Crippen LogP contribution in [0.1, 0.15) is 44.7 Å². The minimum absolute atomic E-state index is 0.0174. The van der Waals surface area contributed by atoms with Crippen LogP contribution >= 0.6 is 11.6 Å². The Kier molecular flexibility index (Phi) is 5.79. The molecule has 3 heteroatoms. The van der Waals surface area contributed by atoms with Crippen LogP contribution in [0.25, 0.3) is 0 Å². The van der Waals surface area contributed by atoms with E-state index in [0.717, 1.165) is 17.7 Å². The maximum absolute atomic E-state index is 6.23. The number of halogens is 1. The Morgan fingerprint density at radius 2 is 2.12 bits per heavy atom. The molecule has 0 fully saturated rings. The van der Waals surface area contributed by atoms with Crippen LogP contribution in [-0.4, -0.2) is 7.11 Å². The van der Waals surface area contributed by atoms with Crippen molar-refractivity contribution in [2.75, 3.05) is 7.11 Å². The SMILES string of the molecule is CCCC(C)CC(N)c1ccc(Cl)cc1OC. The molecule has 0 saturated heterocycles. The predicted octanol–water partition coefficient (Wildman–Crippen LogP) is 4.17. The fourth-order valence-corrected chi connectivity index (χ4v) is 2.32. The molecule has 2 nitrogen and oxygen atoms in total. The third-order valence-corrected chi connectivity index (χ3v) is 3.27. The first-order valence-corrected chi connectivity index (χ1v) is 6.55. The van der Waals surface area contributed by atoms with Crippen molar-refractivity contribution in [3.63, 3.8) is 0 Å². The maximum Gasteiger partial charge on any atom is 0.125 e. The van der Waals surface area contributed by atoms with Crippen LogP contribution in [0.5, 0.6) is 5.75 Å². The summed E-state index contributed by atoms with van der Waals surface area (Å²) >= 11 is 5.93. The van der Waals surface area contributed by atoms with Gasteiger partial charge in [0.15, 0.2) is 0 Å². The van der Waals surface area contributed by atoms with Crippen LogP contribution in [0.2, 0.25) is 5.02 Å². The van der Waals surface area contributed by atoms with Crippen molar-refractivity contribution in [2.45, 2.75) is 39.2 Å². The fourth-order valence-electron chi connectivity index (χ4n) is 2.16. The van der Waals surface area contributed by atoms with Gasteiger partial charge in [-0.3, -0.25) is 0 Å². The van der Waals surface area contributed by atoms with Gasteiger partial charge in [0.25, 0.3) is 0 Å². The fraction of sp³-hybridized carbons (Fsp3) is 0.571. The molecule has 2 N–H and O–H groups in total. The van der Waals surface area contributed by atoms with E-state index in [1.165, 1.54) is 12.8 Å². The second-order valence-electron chi connectivity index (χ2n) is 4.62. The van der Waals surface area contributed by atoms with Crippen molar-refractivity contribution in [1.82, 2.24) is 0 Å². The third-order valence-electron chi connectivity index (χ3n) is 3.03. The van der Waals surface area contributed by atoms with Gasteiger partial charge in [0.05, 0.1) is 7.11 Å². The Hall–Kier alpha value is -0.730. The molecule has 17 heavy (non-hydrogen) atoms. The van der Waals surface area contributed by atoms with Crippen LogP contribution in [0, 0.1) is 5.92 Å². The van der Waals surface area contributed by atoms with E-state index in [0.29, 0.717) is 10.9 Å². The van der Waals surface area contributed by atoms with Crippen molar-refractivity contribution in [3.8, 4) is 5.75 Å². The first-order valence-electron chi connectivity index (χ1n) is 6.17. The van der Waals surface area contributed by atoms with Gasteiger partial charge < -0.3 is 10.5 Å². The van der Waals surface area contributed by atoms with E-state index in [9.17, 15) is 0 Å². The Morgan fingerprint density at radius 3 is 2.71 bits per heavy atom. The van der Waals surface area contributed by atoms with Crippen LogP contribution < -0.4 is 10.5 Å². The molecule has 0 bridgehead atoms. The Morgan fingerprint density at radius 1 is 1.41 bits per heavy atom. The highest BCUT2D eigenvalue weighted by molar-refractivity contribution is 6.30. The topological polar surface area (TPSA) is 35.2 Å². The highest BCUT2D eigenvalue weighted by Gasteiger charge is 2.15. The summed E-state index contributed by atoms with van der Waals surface area (Å²) < 4.78 is 5.32. The lowest BCUT2D eigenvalue weighted by Crippen LogP contribution is -2.15. The normalized spacial score (nSPS) is 14.4. The molecular formula is C14H22ClNO. The third kappa shape index (κ3) is 4.21.